The molecule has 2 heteroatoms. The maximum Gasteiger partial charge on any atom is 0.334 e. The summed E-state index contributed by atoms with van der Waals surface area (Å²) in [4.78, 5) is 13.3. The van der Waals surface area contributed by atoms with Crippen LogP contribution in [-0.4, -0.2) is 11.6 Å². The van der Waals surface area contributed by atoms with Gasteiger partial charge in [0.15, 0.2) is 0 Å². The van der Waals surface area contributed by atoms with Crippen LogP contribution >= 0.6 is 0 Å². The van der Waals surface area contributed by atoms with E-state index in [4.69, 9.17) is 4.74 Å². The van der Waals surface area contributed by atoms with Crippen LogP contribution in [0.25, 0.3) is 0 Å². The lowest BCUT2D eigenvalue weighted by atomic mass is 9.60. The van der Waals surface area contributed by atoms with Crippen LogP contribution in [0.4, 0.5) is 0 Å². The highest BCUT2D eigenvalue weighted by Crippen LogP contribution is 2.49. The number of hydrogen-bond donors (Lipinski definition) is 0. The molecule has 31 heavy (non-hydrogen) atoms. The summed E-state index contributed by atoms with van der Waals surface area (Å²) in [5.41, 5.74) is 2.02. The van der Waals surface area contributed by atoms with Crippen molar-refractivity contribution in [1.82, 2.24) is 0 Å². The van der Waals surface area contributed by atoms with E-state index >= 15 is 0 Å². The molecule has 1 saturated carbocycles. The Morgan fingerprint density at radius 3 is 2.13 bits per heavy atom. The molecule has 0 bridgehead atoms. The van der Waals surface area contributed by atoms with Gasteiger partial charge >= 0.3 is 5.97 Å². The van der Waals surface area contributed by atoms with Gasteiger partial charge in [-0.2, -0.15) is 0 Å². The van der Waals surface area contributed by atoms with Crippen LogP contribution in [0, 0.1) is 28.6 Å². The molecule has 2 unspecified atom stereocenters. The highest BCUT2D eigenvalue weighted by molar-refractivity contribution is 5.89. The largest absolute Gasteiger partial charge is 0.456 e. The summed E-state index contributed by atoms with van der Waals surface area (Å²) in [6, 6.07) is 0. The molecular weight excluding hydrogens is 380 g/mol. The summed E-state index contributed by atoms with van der Waals surface area (Å²) in [7, 11) is 0. The fourth-order valence-electron chi connectivity index (χ4n) is 5.97. The molecule has 178 valence electrons. The van der Waals surface area contributed by atoms with Gasteiger partial charge in [-0.1, -0.05) is 79.4 Å². The first-order valence-corrected chi connectivity index (χ1v) is 12.9. The minimum absolute atomic E-state index is 0.114. The van der Waals surface area contributed by atoms with Crippen molar-refractivity contribution in [3.05, 3.63) is 23.8 Å². The Kier molecular flexibility index (Phi) is 8.67. The summed E-state index contributed by atoms with van der Waals surface area (Å²) in [5.74, 6) is 1.54. The average molecular weight is 431 g/mol. The maximum absolute atomic E-state index is 13.3. The summed E-state index contributed by atoms with van der Waals surface area (Å²) in [5, 5.41) is 0. The van der Waals surface area contributed by atoms with E-state index in [2.05, 4.69) is 68.0 Å². The Morgan fingerprint density at radius 2 is 1.58 bits per heavy atom. The number of esters is 1. The first-order valence-electron chi connectivity index (χ1n) is 12.9. The molecule has 2 atom stereocenters. The van der Waals surface area contributed by atoms with Crippen LogP contribution in [0.3, 0.4) is 0 Å². The highest BCUT2D eigenvalue weighted by Gasteiger charge is 2.41. The van der Waals surface area contributed by atoms with Crippen LogP contribution in [0.15, 0.2) is 23.8 Å². The molecule has 2 aliphatic rings. The number of carbonyl (C=O) groups excluding carboxylic acids is 1. The third kappa shape index (κ3) is 6.96. The van der Waals surface area contributed by atoms with Crippen molar-refractivity contribution >= 4 is 5.97 Å². The molecule has 0 radical (unpaired) electrons. The van der Waals surface area contributed by atoms with E-state index in [-0.39, 0.29) is 16.8 Å². The molecule has 0 heterocycles. The smallest absolute Gasteiger partial charge is 0.334 e. The molecule has 2 aliphatic carbocycles. The molecule has 0 amide bonds. The van der Waals surface area contributed by atoms with E-state index in [0.717, 1.165) is 36.8 Å². The Bertz CT molecular complexity index is 653. The lowest BCUT2D eigenvalue weighted by Crippen LogP contribution is -2.38. The summed E-state index contributed by atoms with van der Waals surface area (Å²) < 4.78 is 6.16. The van der Waals surface area contributed by atoms with Gasteiger partial charge in [-0.15, -0.1) is 0 Å². The van der Waals surface area contributed by atoms with E-state index < -0.39 is 5.60 Å². The molecule has 0 N–H and O–H groups in total. The number of rotatable bonds is 5. The molecule has 0 aromatic carbocycles. The third-order valence-corrected chi connectivity index (χ3v) is 8.54. The minimum atomic E-state index is -0.390. The van der Waals surface area contributed by atoms with Crippen molar-refractivity contribution in [2.24, 2.45) is 28.6 Å². The lowest BCUT2D eigenvalue weighted by Gasteiger charge is -2.45. The maximum atomic E-state index is 13.3. The number of allylic oxidation sites excluding steroid dienone is 2. The second-order valence-electron chi connectivity index (χ2n) is 12.7. The normalized spacial score (nSPS) is 27.0. The lowest BCUT2D eigenvalue weighted by molar-refractivity contribution is -0.158. The molecule has 0 aliphatic heterocycles. The van der Waals surface area contributed by atoms with E-state index in [0.29, 0.717) is 17.8 Å². The Balaban J connectivity index is 2.21. The van der Waals surface area contributed by atoms with Crippen molar-refractivity contribution < 1.29 is 9.53 Å². The Morgan fingerprint density at radius 1 is 0.968 bits per heavy atom. The van der Waals surface area contributed by atoms with Gasteiger partial charge in [0, 0.05) is 5.57 Å². The second-order valence-corrected chi connectivity index (χ2v) is 12.7. The topological polar surface area (TPSA) is 26.3 Å². The quantitative estimate of drug-likeness (QED) is 0.408. The van der Waals surface area contributed by atoms with Crippen molar-refractivity contribution in [3.63, 3.8) is 0 Å². The minimum Gasteiger partial charge on any atom is -0.456 e. The zero-order chi connectivity index (χ0) is 23.4. The SMILES string of the molecule is C=C1/C=C(/C(=O)OC(C)(C)C2CCCCC2)CCCC(C(C)(C)CC)C(C(C)(C)C)C1. The molecule has 0 spiro atoms. The first-order chi connectivity index (χ1) is 14.3. The van der Waals surface area contributed by atoms with Gasteiger partial charge in [-0.3, -0.25) is 0 Å². The summed E-state index contributed by atoms with van der Waals surface area (Å²) in [6.45, 7) is 22.9. The van der Waals surface area contributed by atoms with Crippen molar-refractivity contribution in [2.45, 2.75) is 125 Å². The zero-order valence-electron chi connectivity index (χ0n) is 21.9. The fraction of sp³-hybridized carbons (Fsp3) is 0.828. The van der Waals surface area contributed by atoms with Crippen molar-refractivity contribution in [2.75, 3.05) is 0 Å². The molecule has 0 aromatic heterocycles. The second kappa shape index (κ2) is 10.3. The summed E-state index contributed by atoms with van der Waals surface area (Å²) >= 11 is 0. The molecule has 0 aromatic rings. The van der Waals surface area contributed by atoms with Gasteiger partial charge in [0.2, 0.25) is 0 Å². The van der Waals surface area contributed by atoms with Gasteiger partial charge in [-0.25, -0.2) is 4.79 Å². The number of carbonyl (C=O) groups is 1. The predicted octanol–water partition coefficient (Wildman–Crippen LogP) is 8.66. The summed E-state index contributed by atoms with van der Waals surface area (Å²) in [6.07, 6.45) is 13.4. The van der Waals surface area contributed by atoms with Crippen LogP contribution in [0.2, 0.25) is 0 Å². The average Bonchev–Trinajstić information content (AvgIpc) is 2.77. The zero-order valence-corrected chi connectivity index (χ0v) is 21.9. The van der Waals surface area contributed by atoms with Gasteiger partial charge in [-0.05, 0) is 87.0 Å². The molecule has 1 fully saturated rings. The van der Waals surface area contributed by atoms with Gasteiger partial charge in [0.25, 0.3) is 0 Å². The Labute approximate surface area is 193 Å². The van der Waals surface area contributed by atoms with E-state index in [9.17, 15) is 4.79 Å². The molecule has 0 saturated heterocycles. The molecule has 2 rings (SSSR count). The Hall–Kier alpha value is -1.05. The number of hydrogen-bond acceptors (Lipinski definition) is 2. The van der Waals surface area contributed by atoms with E-state index in [1.54, 1.807) is 0 Å². The highest BCUT2D eigenvalue weighted by atomic mass is 16.6. The van der Waals surface area contributed by atoms with Crippen LogP contribution in [0.5, 0.6) is 0 Å². The monoisotopic (exact) mass is 430 g/mol. The molecular formula is C29H50O2. The van der Waals surface area contributed by atoms with E-state index in [1.165, 1.54) is 38.5 Å². The van der Waals surface area contributed by atoms with Crippen LogP contribution < -0.4 is 0 Å². The van der Waals surface area contributed by atoms with Crippen molar-refractivity contribution in [3.8, 4) is 0 Å². The predicted molar refractivity (Wildman–Crippen MR) is 133 cm³/mol. The third-order valence-electron chi connectivity index (χ3n) is 8.54. The van der Waals surface area contributed by atoms with Gasteiger partial charge < -0.3 is 4.74 Å². The fourth-order valence-corrected chi connectivity index (χ4v) is 5.97. The first kappa shape index (κ1) is 26.2. The number of ether oxygens (including phenoxy) is 1. The van der Waals surface area contributed by atoms with Crippen LogP contribution in [0.1, 0.15) is 120 Å². The van der Waals surface area contributed by atoms with Gasteiger partial charge in [0.1, 0.15) is 5.60 Å². The standard InChI is InChI=1S/C29H50O2/c1-10-28(6,7)24-18-14-15-22(19-21(2)20-25(24)27(3,4)5)26(30)31-29(8,9)23-16-12-11-13-17-23/h19,23-25H,2,10-18,20H2,1,3-9H3/b22-19+. The van der Waals surface area contributed by atoms with E-state index in [1.807, 2.05) is 0 Å². The molecule has 2 nitrogen and oxygen atoms in total. The van der Waals surface area contributed by atoms with Crippen LogP contribution in [-0.2, 0) is 9.53 Å². The van der Waals surface area contributed by atoms with Crippen molar-refractivity contribution in [1.29, 1.82) is 0 Å². The van der Waals surface area contributed by atoms with Gasteiger partial charge in [0.05, 0.1) is 0 Å².